The second-order valence-electron chi connectivity index (χ2n) is 7.79. The predicted molar refractivity (Wildman–Crippen MR) is 98.2 cm³/mol. The van der Waals surface area contributed by atoms with Crippen LogP contribution in [0.25, 0.3) is 11.1 Å². The summed E-state index contributed by atoms with van der Waals surface area (Å²) in [4.78, 5) is 17.4. The lowest BCUT2D eigenvalue weighted by molar-refractivity contribution is 0.0679. The van der Waals surface area contributed by atoms with E-state index in [-0.39, 0.29) is 18.1 Å². The lowest BCUT2D eigenvalue weighted by Gasteiger charge is -2.35. The van der Waals surface area contributed by atoms with Crippen LogP contribution in [-0.2, 0) is 7.05 Å². The molecule has 2 atom stereocenters. The van der Waals surface area contributed by atoms with Gasteiger partial charge in [-0.15, -0.1) is 0 Å². The summed E-state index contributed by atoms with van der Waals surface area (Å²) in [6.07, 6.45) is 7.72. The zero-order valence-electron chi connectivity index (χ0n) is 15.3. The van der Waals surface area contributed by atoms with Crippen molar-refractivity contribution in [2.75, 3.05) is 20.1 Å². The van der Waals surface area contributed by atoms with Crippen LogP contribution in [0.1, 0.15) is 29.6 Å². The van der Waals surface area contributed by atoms with Crippen LogP contribution in [0.2, 0.25) is 0 Å². The maximum absolute atomic E-state index is 13.0. The fraction of sp³-hybridized carbons (Fsp3) is 0.500. The van der Waals surface area contributed by atoms with Crippen LogP contribution >= 0.6 is 0 Å². The molecule has 2 fully saturated rings. The summed E-state index contributed by atoms with van der Waals surface area (Å²) in [5, 5.41) is 4.24. The minimum Gasteiger partial charge on any atom is -0.486 e. The average molecular weight is 352 g/mol. The number of aromatic nitrogens is 2. The van der Waals surface area contributed by atoms with Crippen LogP contribution in [0.5, 0.6) is 5.75 Å². The van der Waals surface area contributed by atoms with E-state index in [0.29, 0.717) is 17.4 Å². The Kier molecular flexibility index (Phi) is 3.57. The minimum absolute atomic E-state index is 0.0370. The molecule has 26 heavy (non-hydrogen) atoms. The zero-order valence-corrected chi connectivity index (χ0v) is 15.3. The lowest BCUT2D eigenvalue weighted by atomic mass is 9.92. The van der Waals surface area contributed by atoms with Crippen LogP contribution in [0.15, 0.2) is 30.6 Å². The van der Waals surface area contributed by atoms with Gasteiger partial charge in [0.05, 0.1) is 17.8 Å². The van der Waals surface area contributed by atoms with Gasteiger partial charge in [0.15, 0.2) is 0 Å². The number of nitrogens with zero attached hydrogens (tertiary/aromatic N) is 4. The van der Waals surface area contributed by atoms with Gasteiger partial charge in [-0.1, -0.05) is 12.5 Å². The number of carbonyl (C=O) groups is 1. The Morgan fingerprint density at radius 2 is 2.00 bits per heavy atom. The van der Waals surface area contributed by atoms with E-state index in [1.165, 1.54) is 19.3 Å². The van der Waals surface area contributed by atoms with Crippen molar-refractivity contribution in [1.82, 2.24) is 19.6 Å². The zero-order chi connectivity index (χ0) is 17.8. The van der Waals surface area contributed by atoms with E-state index in [2.05, 4.69) is 10.00 Å². The number of fused-ring (bicyclic) bond motifs is 2. The molecule has 1 saturated carbocycles. The van der Waals surface area contributed by atoms with Crippen LogP contribution in [0.3, 0.4) is 0 Å². The molecule has 6 nitrogen and oxygen atoms in total. The Morgan fingerprint density at radius 3 is 2.69 bits per heavy atom. The van der Waals surface area contributed by atoms with Crippen LogP contribution in [-0.4, -0.2) is 63.8 Å². The van der Waals surface area contributed by atoms with Crippen molar-refractivity contribution in [1.29, 1.82) is 0 Å². The van der Waals surface area contributed by atoms with Gasteiger partial charge in [-0.05, 0) is 30.5 Å². The fourth-order valence-electron chi connectivity index (χ4n) is 4.37. The molecule has 2 unspecified atom stereocenters. The molecule has 1 aromatic carbocycles. The highest BCUT2D eigenvalue weighted by atomic mass is 16.5. The van der Waals surface area contributed by atoms with E-state index in [4.69, 9.17) is 4.74 Å². The van der Waals surface area contributed by atoms with Gasteiger partial charge < -0.3 is 9.64 Å². The molecule has 1 aromatic heterocycles. The normalized spacial score (nSPS) is 26.1. The van der Waals surface area contributed by atoms with Gasteiger partial charge in [-0.2, -0.15) is 5.10 Å². The summed E-state index contributed by atoms with van der Waals surface area (Å²) in [6.45, 7) is 1.82. The summed E-state index contributed by atoms with van der Waals surface area (Å²) in [5.41, 5.74) is 2.72. The monoisotopic (exact) mass is 352 g/mol. The molecule has 5 rings (SSSR count). The third-order valence-electron chi connectivity index (χ3n) is 6.20. The van der Waals surface area contributed by atoms with E-state index in [1.54, 1.807) is 4.68 Å². The summed E-state index contributed by atoms with van der Waals surface area (Å²) in [5.74, 6) is 0.756. The standard InChI is InChI=1S/C20H24N4O2/c1-22-10-14(9-21-22)13-6-7-16-18(8-13)26-19-12-24(15-4-3-5-15)11-17(19)23(2)20(16)25/h6-10,15,17,19H,3-5,11-12H2,1-2H3. The first-order valence-electron chi connectivity index (χ1n) is 9.41. The van der Waals surface area contributed by atoms with Crippen molar-refractivity contribution in [3.63, 3.8) is 0 Å². The number of carbonyl (C=O) groups excluding carboxylic acids is 1. The quantitative estimate of drug-likeness (QED) is 0.831. The molecule has 0 N–H and O–H groups in total. The van der Waals surface area contributed by atoms with E-state index in [0.717, 1.165) is 24.2 Å². The number of likely N-dealkylation sites (tertiary alicyclic amines) is 1. The third kappa shape index (κ3) is 2.43. The number of benzene rings is 1. The van der Waals surface area contributed by atoms with E-state index in [1.807, 2.05) is 49.6 Å². The van der Waals surface area contributed by atoms with Crippen molar-refractivity contribution in [3.05, 3.63) is 36.2 Å². The minimum atomic E-state index is 0.0370. The highest BCUT2D eigenvalue weighted by molar-refractivity contribution is 5.98. The SMILES string of the molecule is CN1C(=O)c2ccc(-c3cnn(C)c3)cc2OC2CN(C3CCC3)CC21. The Bertz CT molecular complexity index is 857. The van der Waals surface area contributed by atoms with Crippen molar-refractivity contribution in [2.45, 2.75) is 37.5 Å². The number of ether oxygens (including phenoxy) is 1. The molecule has 2 aliphatic heterocycles. The molecule has 2 aromatic rings. The van der Waals surface area contributed by atoms with Gasteiger partial charge in [0.2, 0.25) is 0 Å². The maximum Gasteiger partial charge on any atom is 0.257 e. The van der Waals surface area contributed by atoms with Crippen LogP contribution in [0.4, 0.5) is 0 Å². The molecule has 1 amide bonds. The lowest BCUT2D eigenvalue weighted by Crippen LogP contribution is -2.44. The number of likely N-dealkylation sites (N-methyl/N-ethyl adjacent to an activating group) is 1. The summed E-state index contributed by atoms with van der Waals surface area (Å²) in [7, 11) is 3.82. The van der Waals surface area contributed by atoms with E-state index >= 15 is 0 Å². The molecule has 3 heterocycles. The van der Waals surface area contributed by atoms with Gasteiger partial charge in [0.25, 0.3) is 5.91 Å². The maximum atomic E-state index is 13.0. The molecular weight excluding hydrogens is 328 g/mol. The Hall–Kier alpha value is -2.34. The number of aryl methyl sites for hydroxylation is 1. The largest absolute Gasteiger partial charge is 0.486 e. The highest BCUT2D eigenvalue weighted by Gasteiger charge is 2.44. The van der Waals surface area contributed by atoms with Gasteiger partial charge in [0, 0.05) is 45.0 Å². The van der Waals surface area contributed by atoms with Crippen LogP contribution in [0, 0.1) is 0 Å². The highest BCUT2D eigenvalue weighted by Crippen LogP contribution is 2.36. The first kappa shape index (κ1) is 15.9. The number of hydrogen-bond donors (Lipinski definition) is 0. The Labute approximate surface area is 153 Å². The molecule has 1 aliphatic carbocycles. The second-order valence-corrected chi connectivity index (χ2v) is 7.79. The van der Waals surface area contributed by atoms with Crippen molar-refractivity contribution >= 4 is 5.91 Å². The molecule has 0 spiro atoms. The molecule has 0 bridgehead atoms. The molecular formula is C20H24N4O2. The molecule has 136 valence electrons. The Morgan fingerprint density at radius 1 is 1.15 bits per heavy atom. The third-order valence-corrected chi connectivity index (χ3v) is 6.20. The van der Waals surface area contributed by atoms with Crippen molar-refractivity contribution < 1.29 is 9.53 Å². The van der Waals surface area contributed by atoms with Gasteiger partial charge in [-0.25, -0.2) is 0 Å². The number of hydrogen-bond acceptors (Lipinski definition) is 4. The van der Waals surface area contributed by atoms with Crippen molar-refractivity contribution in [3.8, 4) is 16.9 Å². The van der Waals surface area contributed by atoms with Crippen LogP contribution < -0.4 is 4.74 Å². The summed E-state index contributed by atoms with van der Waals surface area (Å²) < 4.78 is 8.19. The Balaban J connectivity index is 1.48. The topological polar surface area (TPSA) is 50.6 Å². The molecule has 0 radical (unpaired) electrons. The van der Waals surface area contributed by atoms with E-state index < -0.39 is 0 Å². The average Bonchev–Trinajstić information content (AvgIpc) is 3.16. The molecule has 3 aliphatic rings. The summed E-state index contributed by atoms with van der Waals surface area (Å²) >= 11 is 0. The summed E-state index contributed by atoms with van der Waals surface area (Å²) in [6, 6.07) is 6.66. The van der Waals surface area contributed by atoms with Gasteiger partial charge in [0.1, 0.15) is 11.9 Å². The van der Waals surface area contributed by atoms with Gasteiger partial charge in [-0.3, -0.25) is 14.4 Å². The molecule has 1 saturated heterocycles. The first-order chi connectivity index (χ1) is 12.6. The van der Waals surface area contributed by atoms with E-state index in [9.17, 15) is 4.79 Å². The predicted octanol–water partition coefficient (Wildman–Crippen LogP) is 2.16. The number of amides is 1. The second kappa shape index (κ2) is 5.84. The van der Waals surface area contributed by atoms with Gasteiger partial charge >= 0.3 is 0 Å². The number of rotatable bonds is 2. The first-order valence-corrected chi connectivity index (χ1v) is 9.41. The smallest absolute Gasteiger partial charge is 0.257 e. The van der Waals surface area contributed by atoms with Crippen molar-refractivity contribution in [2.24, 2.45) is 7.05 Å². The molecule has 6 heteroatoms. The fourth-order valence-corrected chi connectivity index (χ4v) is 4.37.